The van der Waals surface area contributed by atoms with Crippen molar-refractivity contribution in [3.8, 4) is 0 Å². The summed E-state index contributed by atoms with van der Waals surface area (Å²) in [5.41, 5.74) is 0.524. The lowest BCUT2D eigenvalue weighted by Gasteiger charge is -2.27. The zero-order chi connectivity index (χ0) is 15.2. The minimum atomic E-state index is -0.0426. The zero-order valence-corrected chi connectivity index (χ0v) is 13.3. The van der Waals surface area contributed by atoms with Gasteiger partial charge in [-0.15, -0.1) is 0 Å². The van der Waals surface area contributed by atoms with E-state index in [0.717, 1.165) is 39.1 Å². The number of rotatable bonds is 5. The summed E-state index contributed by atoms with van der Waals surface area (Å²) in [6, 6.07) is 1.68. The standard InChI is InChI=1S/C15H22ClN3O2/c1-3-17-14-13(16)8-12(9-18-14)15(20)19(2)10-11-4-6-21-7-5-11/h8-9,11H,3-7,10H2,1-2H3,(H,17,18). The summed E-state index contributed by atoms with van der Waals surface area (Å²) in [5.74, 6) is 1.08. The Morgan fingerprint density at radius 3 is 2.86 bits per heavy atom. The Balaban J connectivity index is 1.99. The van der Waals surface area contributed by atoms with E-state index in [0.29, 0.717) is 22.3 Å². The van der Waals surface area contributed by atoms with Gasteiger partial charge in [0, 0.05) is 39.5 Å². The number of ether oxygens (including phenoxy) is 1. The summed E-state index contributed by atoms with van der Waals surface area (Å²) in [7, 11) is 1.82. The zero-order valence-electron chi connectivity index (χ0n) is 12.6. The Hall–Kier alpha value is -1.33. The number of pyridine rings is 1. The average Bonchev–Trinajstić information content (AvgIpc) is 2.49. The molecule has 1 fully saturated rings. The lowest BCUT2D eigenvalue weighted by atomic mass is 10.00. The number of hydrogen-bond acceptors (Lipinski definition) is 4. The summed E-state index contributed by atoms with van der Waals surface area (Å²) in [4.78, 5) is 18.4. The van der Waals surface area contributed by atoms with E-state index < -0.39 is 0 Å². The number of carbonyl (C=O) groups is 1. The van der Waals surface area contributed by atoms with E-state index in [1.165, 1.54) is 0 Å². The molecule has 0 radical (unpaired) electrons. The maximum absolute atomic E-state index is 12.4. The van der Waals surface area contributed by atoms with Gasteiger partial charge in [-0.3, -0.25) is 4.79 Å². The SMILES string of the molecule is CCNc1ncc(C(=O)N(C)CC2CCOCC2)cc1Cl. The van der Waals surface area contributed by atoms with Crippen LogP contribution >= 0.6 is 11.6 Å². The van der Waals surface area contributed by atoms with E-state index in [1.807, 2.05) is 14.0 Å². The third-order valence-corrected chi connectivity index (χ3v) is 3.94. The molecule has 21 heavy (non-hydrogen) atoms. The molecule has 0 spiro atoms. The molecule has 1 aromatic heterocycles. The molecule has 5 nitrogen and oxygen atoms in total. The molecule has 0 atom stereocenters. The molecule has 1 aliphatic rings. The largest absolute Gasteiger partial charge is 0.381 e. The quantitative estimate of drug-likeness (QED) is 0.908. The first-order valence-corrected chi connectivity index (χ1v) is 7.72. The van der Waals surface area contributed by atoms with Crippen LogP contribution in [0, 0.1) is 5.92 Å². The minimum Gasteiger partial charge on any atom is -0.381 e. The molecule has 1 aliphatic heterocycles. The number of anilines is 1. The number of carbonyl (C=O) groups excluding carboxylic acids is 1. The Morgan fingerprint density at radius 2 is 2.24 bits per heavy atom. The Bertz CT molecular complexity index is 490. The summed E-state index contributed by atoms with van der Waals surface area (Å²) in [6.07, 6.45) is 3.60. The van der Waals surface area contributed by atoms with Gasteiger partial charge in [-0.25, -0.2) is 4.98 Å². The summed E-state index contributed by atoms with van der Waals surface area (Å²) >= 11 is 6.14. The van der Waals surface area contributed by atoms with Gasteiger partial charge in [-0.1, -0.05) is 11.6 Å². The monoisotopic (exact) mass is 311 g/mol. The number of hydrogen-bond donors (Lipinski definition) is 1. The number of nitrogens with one attached hydrogen (secondary N) is 1. The maximum Gasteiger partial charge on any atom is 0.255 e. The van der Waals surface area contributed by atoms with Gasteiger partial charge < -0.3 is 15.0 Å². The van der Waals surface area contributed by atoms with Gasteiger partial charge in [-0.05, 0) is 31.7 Å². The van der Waals surface area contributed by atoms with Crippen LogP contribution in [0.25, 0.3) is 0 Å². The van der Waals surface area contributed by atoms with Gasteiger partial charge in [-0.2, -0.15) is 0 Å². The van der Waals surface area contributed by atoms with Crippen LogP contribution in [0.1, 0.15) is 30.1 Å². The van der Waals surface area contributed by atoms with E-state index in [-0.39, 0.29) is 5.91 Å². The first-order chi connectivity index (χ1) is 10.1. The van der Waals surface area contributed by atoms with E-state index in [2.05, 4.69) is 10.3 Å². The minimum absolute atomic E-state index is 0.0426. The predicted molar refractivity (Wildman–Crippen MR) is 83.9 cm³/mol. The molecule has 116 valence electrons. The normalized spacial score (nSPS) is 15.8. The average molecular weight is 312 g/mol. The van der Waals surface area contributed by atoms with E-state index in [9.17, 15) is 4.79 Å². The van der Waals surface area contributed by atoms with Crippen molar-refractivity contribution < 1.29 is 9.53 Å². The van der Waals surface area contributed by atoms with Crippen LogP contribution in [-0.4, -0.2) is 49.1 Å². The highest BCUT2D eigenvalue weighted by molar-refractivity contribution is 6.33. The van der Waals surface area contributed by atoms with Crippen molar-refractivity contribution in [1.29, 1.82) is 0 Å². The van der Waals surface area contributed by atoms with Crippen LogP contribution < -0.4 is 5.32 Å². The lowest BCUT2D eigenvalue weighted by molar-refractivity contribution is 0.0497. The molecule has 0 aromatic carbocycles. The molecule has 0 unspecified atom stereocenters. The van der Waals surface area contributed by atoms with Gasteiger partial charge in [0.25, 0.3) is 5.91 Å². The molecule has 6 heteroatoms. The third-order valence-electron chi connectivity index (χ3n) is 3.65. The molecule has 1 amide bonds. The first-order valence-electron chi connectivity index (χ1n) is 7.34. The molecule has 1 saturated heterocycles. The lowest BCUT2D eigenvalue weighted by Crippen LogP contribution is -2.34. The second-order valence-corrected chi connectivity index (χ2v) is 5.73. The molecule has 0 saturated carbocycles. The van der Waals surface area contributed by atoms with Gasteiger partial charge in [0.1, 0.15) is 5.82 Å². The summed E-state index contributed by atoms with van der Waals surface area (Å²) < 4.78 is 5.34. The molecule has 1 aromatic rings. The van der Waals surface area contributed by atoms with Crippen LogP contribution in [-0.2, 0) is 4.74 Å². The van der Waals surface area contributed by atoms with Crippen molar-refractivity contribution >= 4 is 23.3 Å². The second-order valence-electron chi connectivity index (χ2n) is 5.33. The maximum atomic E-state index is 12.4. The Labute approximate surface area is 130 Å². The van der Waals surface area contributed by atoms with E-state index in [1.54, 1.807) is 17.2 Å². The van der Waals surface area contributed by atoms with Gasteiger partial charge in [0.2, 0.25) is 0 Å². The number of aromatic nitrogens is 1. The van der Waals surface area contributed by atoms with Crippen molar-refractivity contribution in [3.63, 3.8) is 0 Å². The third kappa shape index (κ3) is 4.32. The highest BCUT2D eigenvalue weighted by Gasteiger charge is 2.20. The second kappa shape index (κ2) is 7.61. The van der Waals surface area contributed by atoms with Crippen molar-refractivity contribution in [2.24, 2.45) is 5.92 Å². The molecule has 0 aliphatic carbocycles. The smallest absolute Gasteiger partial charge is 0.255 e. The van der Waals surface area contributed by atoms with Crippen molar-refractivity contribution in [2.45, 2.75) is 19.8 Å². The van der Waals surface area contributed by atoms with Crippen LogP contribution in [0.2, 0.25) is 5.02 Å². The fourth-order valence-corrected chi connectivity index (χ4v) is 2.71. The number of nitrogens with zero attached hydrogens (tertiary/aromatic N) is 2. The number of halogens is 1. The fourth-order valence-electron chi connectivity index (χ4n) is 2.47. The Kier molecular flexibility index (Phi) is 5.82. The van der Waals surface area contributed by atoms with Crippen LogP contribution in [0.5, 0.6) is 0 Å². The first kappa shape index (κ1) is 16.0. The van der Waals surface area contributed by atoms with Gasteiger partial charge >= 0.3 is 0 Å². The molecule has 1 N–H and O–H groups in total. The van der Waals surface area contributed by atoms with Crippen LogP contribution in [0.4, 0.5) is 5.82 Å². The summed E-state index contributed by atoms with van der Waals surface area (Å²) in [6.45, 7) is 5.03. The molecule has 0 bridgehead atoms. The number of amides is 1. The topological polar surface area (TPSA) is 54.5 Å². The van der Waals surface area contributed by atoms with Gasteiger partial charge in [0.15, 0.2) is 0 Å². The van der Waals surface area contributed by atoms with Crippen molar-refractivity contribution in [2.75, 3.05) is 38.7 Å². The van der Waals surface area contributed by atoms with Crippen molar-refractivity contribution in [1.82, 2.24) is 9.88 Å². The Morgan fingerprint density at radius 1 is 1.52 bits per heavy atom. The fraction of sp³-hybridized carbons (Fsp3) is 0.600. The van der Waals surface area contributed by atoms with Gasteiger partial charge in [0.05, 0.1) is 10.6 Å². The highest BCUT2D eigenvalue weighted by atomic mass is 35.5. The van der Waals surface area contributed by atoms with E-state index >= 15 is 0 Å². The molecular weight excluding hydrogens is 290 g/mol. The predicted octanol–water partition coefficient (Wildman–Crippen LogP) is 2.67. The van der Waals surface area contributed by atoms with Crippen LogP contribution in [0.15, 0.2) is 12.3 Å². The van der Waals surface area contributed by atoms with Crippen molar-refractivity contribution in [3.05, 3.63) is 22.8 Å². The highest BCUT2D eigenvalue weighted by Crippen LogP contribution is 2.21. The van der Waals surface area contributed by atoms with E-state index in [4.69, 9.17) is 16.3 Å². The molecule has 2 rings (SSSR count). The molecule has 2 heterocycles. The summed E-state index contributed by atoms with van der Waals surface area (Å²) in [5, 5.41) is 3.53. The van der Waals surface area contributed by atoms with Crippen LogP contribution in [0.3, 0.4) is 0 Å². The molecular formula is C15H22ClN3O2.